The molecule has 6 nitrogen and oxygen atoms in total. The molecule has 2 rings (SSSR count). The highest BCUT2D eigenvalue weighted by Crippen LogP contribution is 2.28. The van der Waals surface area contributed by atoms with Gasteiger partial charge in [-0.15, -0.1) is 0 Å². The minimum Gasteiger partial charge on any atom is -0.484 e. The monoisotopic (exact) mass is 341 g/mol. The number of nitrogens with one attached hydrogen (secondary N) is 3. The van der Waals surface area contributed by atoms with Crippen molar-refractivity contribution in [2.45, 2.75) is 19.8 Å². The third-order valence-electron chi connectivity index (χ3n) is 3.00. The maximum atomic E-state index is 11.6. The summed E-state index contributed by atoms with van der Waals surface area (Å²) in [5.41, 5.74) is 5.66. The van der Waals surface area contributed by atoms with Crippen LogP contribution in [0.4, 0.5) is 0 Å². The van der Waals surface area contributed by atoms with Gasteiger partial charge in [0.1, 0.15) is 5.75 Å². The lowest BCUT2D eigenvalue weighted by Gasteiger charge is -2.11. The first kappa shape index (κ1) is 16.5. The second-order valence-electron chi connectivity index (χ2n) is 4.97. The van der Waals surface area contributed by atoms with E-state index in [0.717, 1.165) is 18.4 Å². The molecule has 0 atom stereocenters. The highest BCUT2D eigenvalue weighted by molar-refractivity contribution is 7.80. The molecule has 0 bridgehead atoms. The Balaban J connectivity index is 1.67. The molecular weight excluding hydrogens is 326 g/mol. The molecule has 1 fully saturated rings. The number of benzene rings is 1. The van der Waals surface area contributed by atoms with Crippen molar-refractivity contribution in [3.05, 3.63) is 28.8 Å². The van der Waals surface area contributed by atoms with Gasteiger partial charge in [-0.1, -0.05) is 11.6 Å². The zero-order valence-corrected chi connectivity index (χ0v) is 13.5. The molecule has 0 spiro atoms. The molecule has 0 radical (unpaired) electrons. The van der Waals surface area contributed by atoms with Gasteiger partial charge in [-0.25, -0.2) is 0 Å². The topological polar surface area (TPSA) is 79.5 Å². The van der Waals surface area contributed by atoms with Gasteiger partial charge in [0.2, 0.25) is 5.91 Å². The molecule has 3 N–H and O–H groups in total. The average Bonchev–Trinajstić information content (AvgIpc) is 3.31. The van der Waals surface area contributed by atoms with Crippen molar-refractivity contribution >= 4 is 40.7 Å². The first-order chi connectivity index (χ1) is 10.5. The normalized spacial score (nSPS) is 13.2. The highest BCUT2D eigenvalue weighted by Gasteiger charge is 2.30. The number of halogens is 1. The number of carbonyl (C=O) groups excluding carboxylic acids is 2. The quantitative estimate of drug-likeness (QED) is 0.571. The van der Waals surface area contributed by atoms with Crippen LogP contribution in [0.25, 0.3) is 0 Å². The summed E-state index contributed by atoms with van der Waals surface area (Å²) in [7, 11) is 0. The molecule has 1 aliphatic carbocycles. The molecule has 0 aliphatic heterocycles. The summed E-state index contributed by atoms with van der Waals surface area (Å²) in [4.78, 5) is 23.1. The van der Waals surface area contributed by atoms with Crippen molar-refractivity contribution in [3.63, 3.8) is 0 Å². The Morgan fingerprint density at radius 1 is 1.36 bits per heavy atom. The number of thiocarbonyl (C=S) groups is 1. The number of hydrazine groups is 1. The lowest BCUT2D eigenvalue weighted by atomic mass is 10.2. The van der Waals surface area contributed by atoms with Gasteiger partial charge in [0.05, 0.1) is 0 Å². The van der Waals surface area contributed by atoms with Crippen LogP contribution in [0.15, 0.2) is 18.2 Å². The molecule has 2 amide bonds. The maximum absolute atomic E-state index is 11.6. The molecule has 0 saturated heterocycles. The predicted molar refractivity (Wildman–Crippen MR) is 86.4 cm³/mol. The molecule has 0 unspecified atom stereocenters. The number of carbonyl (C=O) groups is 2. The fourth-order valence-corrected chi connectivity index (χ4v) is 1.88. The van der Waals surface area contributed by atoms with E-state index < -0.39 is 5.91 Å². The second kappa shape index (κ2) is 7.42. The van der Waals surface area contributed by atoms with Crippen LogP contribution >= 0.6 is 23.8 Å². The van der Waals surface area contributed by atoms with Gasteiger partial charge in [-0.3, -0.25) is 20.4 Å². The van der Waals surface area contributed by atoms with Crippen LogP contribution in [0.1, 0.15) is 18.4 Å². The van der Waals surface area contributed by atoms with E-state index in [0.29, 0.717) is 10.8 Å². The summed E-state index contributed by atoms with van der Waals surface area (Å²) in [5, 5.41) is 3.19. The van der Waals surface area contributed by atoms with Crippen LogP contribution < -0.4 is 20.9 Å². The van der Waals surface area contributed by atoms with Gasteiger partial charge in [0, 0.05) is 10.9 Å². The van der Waals surface area contributed by atoms with Gasteiger partial charge in [-0.2, -0.15) is 0 Å². The van der Waals surface area contributed by atoms with E-state index in [2.05, 4.69) is 16.2 Å². The zero-order valence-electron chi connectivity index (χ0n) is 11.9. The van der Waals surface area contributed by atoms with Crippen LogP contribution in [-0.4, -0.2) is 23.5 Å². The molecule has 118 valence electrons. The zero-order chi connectivity index (χ0) is 16.1. The maximum Gasteiger partial charge on any atom is 0.276 e. The molecular formula is C14H16ClN3O3S. The molecule has 8 heteroatoms. The summed E-state index contributed by atoms with van der Waals surface area (Å²) in [5.74, 6) is 0.0452. The number of aryl methyl sites for hydroxylation is 1. The fourth-order valence-electron chi connectivity index (χ4n) is 1.61. The number of rotatable bonds is 4. The van der Waals surface area contributed by atoms with Crippen LogP contribution in [0.5, 0.6) is 5.75 Å². The van der Waals surface area contributed by atoms with Gasteiger partial charge in [0.15, 0.2) is 11.7 Å². The Bertz CT molecular complexity index is 605. The van der Waals surface area contributed by atoms with Gasteiger partial charge >= 0.3 is 0 Å². The smallest absolute Gasteiger partial charge is 0.276 e. The van der Waals surface area contributed by atoms with Crippen molar-refractivity contribution in [1.29, 1.82) is 0 Å². The average molecular weight is 342 g/mol. The minimum absolute atomic E-state index is 0.0481. The van der Waals surface area contributed by atoms with Gasteiger partial charge < -0.3 is 10.1 Å². The van der Waals surface area contributed by atoms with Crippen LogP contribution in [0.2, 0.25) is 5.02 Å². The van der Waals surface area contributed by atoms with Crippen molar-refractivity contribution < 1.29 is 14.3 Å². The Morgan fingerprint density at radius 2 is 2.09 bits per heavy atom. The highest BCUT2D eigenvalue weighted by atomic mass is 35.5. The summed E-state index contributed by atoms with van der Waals surface area (Å²) >= 11 is 10.8. The number of ether oxygens (including phenoxy) is 1. The summed E-state index contributed by atoms with van der Waals surface area (Å²) in [6.07, 6.45) is 1.77. The first-order valence-electron chi connectivity index (χ1n) is 6.74. The fraction of sp³-hybridized carbons (Fsp3) is 0.357. The van der Waals surface area contributed by atoms with E-state index in [1.54, 1.807) is 18.2 Å². The standard InChI is InChI=1S/C14H16ClN3O3S/c1-8-6-10(4-5-11(8)15)21-7-12(19)17-18-14(22)16-13(20)9-2-3-9/h4-6,9H,2-3,7H2,1H3,(H,17,19)(H2,16,18,20,22). The molecule has 1 aromatic rings. The van der Waals surface area contributed by atoms with E-state index in [-0.39, 0.29) is 23.5 Å². The van der Waals surface area contributed by atoms with Crippen molar-refractivity contribution in [2.75, 3.05) is 6.61 Å². The molecule has 1 aromatic carbocycles. The minimum atomic E-state index is -0.421. The molecule has 0 aromatic heterocycles. The molecule has 1 saturated carbocycles. The number of hydrogen-bond acceptors (Lipinski definition) is 4. The lowest BCUT2D eigenvalue weighted by molar-refractivity contribution is -0.124. The Hall–Kier alpha value is -1.86. The Labute approximate surface area is 138 Å². The second-order valence-corrected chi connectivity index (χ2v) is 5.78. The third-order valence-corrected chi connectivity index (χ3v) is 3.63. The van der Waals surface area contributed by atoms with Crippen LogP contribution in [0.3, 0.4) is 0 Å². The van der Waals surface area contributed by atoms with E-state index in [4.69, 9.17) is 28.6 Å². The van der Waals surface area contributed by atoms with Crippen molar-refractivity contribution in [3.8, 4) is 5.75 Å². The third kappa shape index (κ3) is 5.16. The lowest BCUT2D eigenvalue weighted by Crippen LogP contribution is -2.50. The number of amides is 2. The van der Waals surface area contributed by atoms with Crippen molar-refractivity contribution in [1.82, 2.24) is 16.2 Å². The van der Waals surface area contributed by atoms with Gasteiger partial charge in [-0.05, 0) is 55.7 Å². The van der Waals surface area contributed by atoms with E-state index in [1.807, 2.05) is 6.92 Å². The van der Waals surface area contributed by atoms with Crippen molar-refractivity contribution in [2.24, 2.45) is 5.92 Å². The first-order valence-corrected chi connectivity index (χ1v) is 7.53. The predicted octanol–water partition coefficient (Wildman–Crippen LogP) is 1.46. The molecule has 22 heavy (non-hydrogen) atoms. The van der Waals surface area contributed by atoms with E-state index >= 15 is 0 Å². The largest absolute Gasteiger partial charge is 0.484 e. The van der Waals surface area contributed by atoms with Crippen LogP contribution in [-0.2, 0) is 9.59 Å². The van der Waals surface area contributed by atoms with Gasteiger partial charge in [0.25, 0.3) is 5.91 Å². The molecule has 0 heterocycles. The van der Waals surface area contributed by atoms with E-state index in [9.17, 15) is 9.59 Å². The van der Waals surface area contributed by atoms with Crippen LogP contribution in [0, 0.1) is 12.8 Å². The number of hydrogen-bond donors (Lipinski definition) is 3. The Morgan fingerprint density at radius 3 is 2.73 bits per heavy atom. The summed E-state index contributed by atoms with van der Waals surface area (Å²) < 4.78 is 5.32. The SMILES string of the molecule is Cc1cc(OCC(=O)NNC(=S)NC(=O)C2CC2)ccc1Cl. The van der Waals surface area contributed by atoms with E-state index in [1.165, 1.54) is 0 Å². The Kier molecular flexibility index (Phi) is 5.57. The molecule has 1 aliphatic rings. The summed E-state index contributed by atoms with van der Waals surface area (Å²) in [6, 6.07) is 5.12. The summed E-state index contributed by atoms with van der Waals surface area (Å²) in [6.45, 7) is 1.66.